The van der Waals surface area contributed by atoms with Crippen LogP contribution in [-0.2, 0) is 16.6 Å². The number of rotatable bonds is 0. The summed E-state index contributed by atoms with van der Waals surface area (Å²) in [6.07, 6.45) is 0.506. The smallest absolute Gasteiger partial charge is 0.224 e. The van der Waals surface area contributed by atoms with Crippen LogP contribution >= 0.6 is 0 Å². The molecule has 1 heterocycles. The van der Waals surface area contributed by atoms with E-state index in [4.69, 9.17) is 0 Å². The standard InChI is InChI=1S/C17H25NO/c1-16(2,3)12-7-8-13-11(9-12)10-14(19)18-15(13)17(4,5)6/h7-9,15H,10H2,1-6H3,(H,18,19). The Hall–Kier alpha value is -1.31. The summed E-state index contributed by atoms with van der Waals surface area (Å²) in [5, 5.41) is 3.13. The second-order valence-corrected chi connectivity index (χ2v) is 7.71. The van der Waals surface area contributed by atoms with Crippen molar-refractivity contribution in [1.29, 1.82) is 0 Å². The molecule has 1 aliphatic heterocycles. The van der Waals surface area contributed by atoms with Crippen LogP contribution in [0.15, 0.2) is 18.2 Å². The normalized spacial score (nSPS) is 19.9. The Morgan fingerprint density at radius 1 is 1.11 bits per heavy atom. The SMILES string of the molecule is CC(C)(C)c1ccc2c(c1)CC(=O)NC2C(C)(C)C. The van der Waals surface area contributed by atoms with Gasteiger partial charge in [0.1, 0.15) is 0 Å². The Morgan fingerprint density at radius 2 is 1.74 bits per heavy atom. The van der Waals surface area contributed by atoms with Crippen LogP contribution < -0.4 is 5.32 Å². The van der Waals surface area contributed by atoms with Crippen LogP contribution in [0.5, 0.6) is 0 Å². The molecule has 1 aliphatic rings. The molecule has 0 spiro atoms. The molecule has 1 aromatic rings. The second kappa shape index (κ2) is 4.36. The van der Waals surface area contributed by atoms with Gasteiger partial charge in [-0.15, -0.1) is 0 Å². The molecule has 1 aromatic carbocycles. The first-order valence-corrected chi connectivity index (χ1v) is 7.02. The number of benzene rings is 1. The lowest BCUT2D eigenvalue weighted by Crippen LogP contribution is -2.41. The van der Waals surface area contributed by atoms with Gasteiger partial charge in [0.2, 0.25) is 5.91 Å². The van der Waals surface area contributed by atoms with Gasteiger partial charge in [0, 0.05) is 0 Å². The summed E-state index contributed by atoms with van der Waals surface area (Å²) in [6, 6.07) is 6.73. The third kappa shape index (κ3) is 2.83. The number of fused-ring (bicyclic) bond motifs is 1. The molecule has 2 heteroatoms. The molecule has 1 atom stereocenters. The molecule has 1 amide bonds. The molecule has 0 fully saturated rings. The monoisotopic (exact) mass is 259 g/mol. The maximum Gasteiger partial charge on any atom is 0.224 e. The summed E-state index contributed by atoms with van der Waals surface area (Å²) in [5.41, 5.74) is 3.93. The highest BCUT2D eigenvalue weighted by Gasteiger charge is 2.33. The van der Waals surface area contributed by atoms with E-state index in [1.54, 1.807) is 0 Å². The third-order valence-corrected chi connectivity index (χ3v) is 3.84. The highest BCUT2D eigenvalue weighted by atomic mass is 16.1. The number of hydrogen-bond acceptors (Lipinski definition) is 1. The molecular weight excluding hydrogens is 234 g/mol. The highest BCUT2D eigenvalue weighted by Crippen LogP contribution is 2.38. The van der Waals surface area contributed by atoms with Crippen molar-refractivity contribution in [2.75, 3.05) is 0 Å². The van der Waals surface area contributed by atoms with E-state index in [1.165, 1.54) is 16.7 Å². The summed E-state index contributed by atoms with van der Waals surface area (Å²) in [7, 11) is 0. The molecule has 19 heavy (non-hydrogen) atoms. The van der Waals surface area contributed by atoms with Gasteiger partial charge in [-0.1, -0.05) is 59.7 Å². The van der Waals surface area contributed by atoms with Crippen LogP contribution in [0, 0.1) is 5.41 Å². The van der Waals surface area contributed by atoms with Gasteiger partial charge in [-0.3, -0.25) is 4.79 Å². The van der Waals surface area contributed by atoms with Gasteiger partial charge in [0.25, 0.3) is 0 Å². The van der Waals surface area contributed by atoms with E-state index in [-0.39, 0.29) is 22.8 Å². The number of carbonyl (C=O) groups excluding carboxylic acids is 1. The average molecular weight is 259 g/mol. The fourth-order valence-electron chi connectivity index (χ4n) is 2.65. The molecular formula is C17H25NO. The van der Waals surface area contributed by atoms with Crippen molar-refractivity contribution >= 4 is 5.91 Å². The quantitative estimate of drug-likeness (QED) is 0.755. The summed E-state index contributed by atoms with van der Waals surface area (Å²) in [6.45, 7) is 13.1. The van der Waals surface area contributed by atoms with E-state index in [0.717, 1.165) is 0 Å². The first-order chi connectivity index (χ1) is 8.59. The molecule has 0 aromatic heterocycles. The van der Waals surface area contributed by atoms with Gasteiger partial charge in [-0.05, 0) is 27.5 Å². The van der Waals surface area contributed by atoms with Crippen molar-refractivity contribution in [1.82, 2.24) is 5.32 Å². The molecule has 0 aliphatic carbocycles. The number of nitrogens with one attached hydrogen (secondary N) is 1. The zero-order chi connectivity index (χ0) is 14.4. The van der Waals surface area contributed by atoms with E-state index >= 15 is 0 Å². The fraction of sp³-hybridized carbons (Fsp3) is 0.588. The molecule has 0 saturated heterocycles. The zero-order valence-corrected chi connectivity index (χ0v) is 12.9. The van der Waals surface area contributed by atoms with E-state index in [1.807, 2.05) is 0 Å². The van der Waals surface area contributed by atoms with E-state index in [9.17, 15) is 4.79 Å². The molecule has 0 saturated carbocycles. The predicted molar refractivity (Wildman–Crippen MR) is 79.2 cm³/mol. The topological polar surface area (TPSA) is 29.1 Å². The molecule has 104 valence electrons. The predicted octanol–water partition coefficient (Wildman–Crippen LogP) is 3.74. The molecule has 0 bridgehead atoms. The summed E-state index contributed by atoms with van der Waals surface area (Å²) >= 11 is 0. The van der Waals surface area contributed by atoms with Crippen LogP contribution in [-0.4, -0.2) is 5.91 Å². The Balaban J connectivity index is 2.50. The minimum atomic E-state index is 0.0358. The van der Waals surface area contributed by atoms with E-state index < -0.39 is 0 Å². The zero-order valence-electron chi connectivity index (χ0n) is 12.9. The minimum absolute atomic E-state index is 0.0358. The van der Waals surface area contributed by atoms with Crippen LogP contribution in [0.1, 0.15) is 64.3 Å². The lowest BCUT2D eigenvalue weighted by Gasteiger charge is -2.37. The van der Waals surface area contributed by atoms with Crippen molar-refractivity contribution in [2.24, 2.45) is 5.41 Å². The fourth-order valence-corrected chi connectivity index (χ4v) is 2.65. The maximum atomic E-state index is 11.9. The molecule has 0 radical (unpaired) electrons. The average Bonchev–Trinajstić information content (AvgIpc) is 2.24. The van der Waals surface area contributed by atoms with Gasteiger partial charge in [-0.2, -0.15) is 0 Å². The summed E-state index contributed by atoms with van der Waals surface area (Å²) in [4.78, 5) is 11.9. The number of carbonyl (C=O) groups is 1. The van der Waals surface area contributed by atoms with Crippen molar-refractivity contribution in [3.05, 3.63) is 34.9 Å². The summed E-state index contributed by atoms with van der Waals surface area (Å²) in [5.74, 6) is 0.137. The highest BCUT2D eigenvalue weighted by molar-refractivity contribution is 5.81. The lowest BCUT2D eigenvalue weighted by molar-refractivity contribution is -0.122. The maximum absolute atomic E-state index is 11.9. The van der Waals surface area contributed by atoms with Gasteiger partial charge in [0.15, 0.2) is 0 Å². The largest absolute Gasteiger partial charge is 0.348 e. The Morgan fingerprint density at radius 3 is 2.26 bits per heavy atom. The number of amides is 1. The van der Waals surface area contributed by atoms with E-state index in [0.29, 0.717) is 6.42 Å². The van der Waals surface area contributed by atoms with Crippen LogP contribution in [0.25, 0.3) is 0 Å². The van der Waals surface area contributed by atoms with Gasteiger partial charge in [-0.25, -0.2) is 0 Å². The summed E-state index contributed by atoms with van der Waals surface area (Å²) < 4.78 is 0. The van der Waals surface area contributed by atoms with Gasteiger partial charge in [0.05, 0.1) is 12.5 Å². The first-order valence-electron chi connectivity index (χ1n) is 7.02. The van der Waals surface area contributed by atoms with Crippen molar-refractivity contribution in [3.63, 3.8) is 0 Å². The minimum Gasteiger partial charge on any atom is -0.348 e. The second-order valence-electron chi connectivity index (χ2n) is 7.71. The van der Waals surface area contributed by atoms with Gasteiger partial charge >= 0.3 is 0 Å². The molecule has 1 unspecified atom stereocenters. The molecule has 2 nitrogen and oxygen atoms in total. The van der Waals surface area contributed by atoms with Crippen LogP contribution in [0.4, 0.5) is 0 Å². The van der Waals surface area contributed by atoms with Crippen molar-refractivity contribution in [2.45, 2.75) is 59.4 Å². The van der Waals surface area contributed by atoms with Crippen molar-refractivity contribution in [3.8, 4) is 0 Å². The first kappa shape index (κ1) is 14.1. The van der Waals surface area contributed by atoms with Crippen molar-refractivity contribution < 1.29 is 4.79 Å². The number of hydrogen-bond donors (Lipinski definition) is 1. The van der Waals surface area contributed by atoms with Gasteiger partial charge < -0.3 is 5.32 Å². The Bertz CT molecular complexity index is 503. The lowest BCUT2D eigenvalue weighted by atomic mass is 9.76. The van der Waals surface area contributed by atoms with Crippen LogP contribution in [0.3, 0.4) is 0 Å². The molecule has 2 rings (SSSR count). The third-order valence-electron chi connectivity index (χ3n) is 3.84. The Labute approximate surface area is 116 Å². The Kier molecular flexibility index (Phi) is 3.24. The molecule has 1 N–H and O–H groups in total. The van der Waals surface area contributed by atoms with E-state index in [2.05, 4.69) is 65.1 Å². The van der Waals surface area contributed by atoms with Crippen LogP contribution in [0.2, 0.25) is 0 Å².